The molecule has 1 aromatic heterocycles. The Morgan fingerprint density at radius 2 is 1.91 bits per heavy atom. The molecule has 2 heterocycles. The number of halogens is 1. The van der Waals surface area contributed by atoms with E-state index in [1.54, 1.807) is 13.2 Å². The van der Waals surface area contributed by atoms with Gasteiger partial charge in [0, 0.05) is 20.1 Å². The highest BCUT2D eigenvalue weighted by Gasteiger charge is 2.27. The first kappa shape index (κ1) is 16.0. The predicted molar refractivity (Wildman–Crippen MR) is 90.8 cm³/mol. The van der Waals surface area contributed by atoms with Gasteiger partial charge in [-0.25, -0.2) is 4.68 Å². The molecule has 1 fully saturated rings. The summed E-state index contributed by atoms with van der Waals surface area (Å²) in [5.74, 6) is 0.215. The van der Waals surface area contributed by atoms with E-state index in [9.17, 15) is 9.90 Å². The molecule has 0 radical (unpaired) electrons. The average Bonchev–Trinajstić information content (AvgIpc) is 2.60. The lowest BCUT2D eigenvalue weighted by molar-refractivity contribution is 0.0929. The van der Waals surface area contributed by atoms with E-state index < -0.39 is 6.10 Å². The van der Waals surface area contributed by atoms with Crippen LogP contribution in [0.5, 0.6) is 0 Å². The van der Waals surface area contributed by atoms with E-state index in [-0.39, 0.29) is 16.5 Å². The molecule has 0 spiro atoms. The maximum absolute atomic E-state index is 11.9. The third-order valence-corrected chi connectivity index (χ3v) is 4.88. The minimum absolute atomic E-state index is 0.213. The van der Waals surface area contributed by atoms with Crippen molar-refractivity contribution in [1.82, 2.24) is 9.78 Å². The highest BCUT2D eigenvalue weighted by atomic mass is 35.5. The summed E-state index contributed by atoms with van der Waals surface area (Å²) in [6.45, 7) is 1.51. The molecule has 23 heavy (non-hydrogen) atoms. The van der Waals surface area contributed by atoms with Gasteiger partial charge in [-0.2, -0.15) is 5.10 Å². The van der Waals surface area contributed by atoms with Crippen molar-refractivity contribution in [3.8, 4) is 0 Å². The Morgan fingerprint density at radius 3 is 2.57 bits per heavy atom. The smallest absolute Gasteiger partial charge is 0.287 e. The molecule has 0 aliphatic carbocycles. The zero-order chi connectivity index (χ0) is 16.4. The normalized spacial score (nSPS) is 17.3. The SMILES string of the molecule is Cn1ncc(N2CCC([C@@H](O)c3ccccc3)CC2)c(Cl)c1=O. The van der Waals surface area contributed by atoms with Crippen molar-refractivity contribution in [1.29, 1.82) is 0 Å². The van der Waals surface area contributed by atoms with Gasteiger partial charge in [0.1, 0.15) is 5.02 Å². The van der Waals surface area contributed by atoms with Crippen LogP contribution in [0.4, 0.5) is 5.69 Å². The molecule has 0 saturated carbocycles. The summed E-state index contributed by atoms with van der Waals surface area (Å²) < 4.78 is 1.23. The number of rotatable bonds is 3. The molecule has 0 amide bonds. The number of aryl methyl sites for hydroxylation is 1. The summed E-state index contributed by atoms with van der Waals surface area (Å²) in [7, 11) is 1.58. The molecule has 1 aliphatic heterocycles. The van der Waals surface area contributed by atoms with Crippen LogP contribution in [-0.2, 0) is 7.05 Å². The van der Waals surface area contributed by atoms with Gasteiger partial charge < -0.3 is 10.0 Å². The topological polar surface area (TPSA) is 58.4 Å². The number of nitrogens with zero attached hydrogens (tertiary/aromatic N) is 3. The van der Waals surface area contributed by atoms with Crippen LogP contribution >= 0.6 is 11.6 Å². The number of benzene rings is 1. The highest BCUT2D eigenvalue weighted by Crippen LogP contribution is 2.33. The van der Waals surface area contributed by atoms with Crippen LogP contribution < -0.4 is 10.5 Å². The lowest BCUT2D eigenvalue weighted by atomic mass is 9.87. The second-order valence-electron chi connectivity index (χ2n) is 5.95. The molecule has 1 aliphatic rings. The fourth-order valence-corrected chi connectivity index (χ4v) is 3.39. The molecular weight excluding hydrogens is 314 g/mol. The van der Waals surface area contributed by atoms with E-state index in [1.807, 2.05) is 30.3 Å². The molecule has 3 rings (SSSR count). The van der Waals surface area contributed by atoms with Gasteiger partial charge >= 0.3 is 0 Å². The largest absolute Gasteiger partial charge is 0.388 e. The van der Waals surface area contributed by atoms with E-state index in [0.29, 0.717) is 5.69 Å². The summed E-state index contributed by atoms with van der Waals surface area (Å²) in [4.78, 5) is 14.0. The maximum Gasteiger partial charge on any atom is 0.287 e. The molecular formula is C17H20ClN3O2. The van der Waals surface area contributed by atoms with Gasteiger partial charge in [-0.3, -0.25) is 4.79 Å². The molecule has 0 unspecified atom stereocenters. The van der Waals surface area contributed by atoms with Crippen LogP contribution in [0.15, 0.2) is 41.3 Å². The summed E-state index contributed by atoms with van der Waals surface area (Å²) >= 11 is 6.16. The molecule has 1 aromatic carbocycles. The van der Waals surface area contributed by atoms with Crippen LogP contribution in [0.3, 0.4) is 0 Å². The van der Waals surface area contributed by atoms with Crippen molar-refractivity contribution < 1.29 is 5.11 Å². The van der Waals surface area contributed by atoms with E-state index in [1.165, 1.54) is 4.68 Å². The van der Waals surface area contributed by atoms with E-state index >= 15 is 0 Å². The van der Waals surface area contributed by atoms with Crippen molar-refractivity contribution in [2.45, 2.75) is 18.9 Å². The predicted octanol–water partition coefficient (Wildman–Crippen LogP) is 2.38. The van der Waals surface area contributed by atoms with Gasteiger partial charge in [0.05, 0.1) is 18.0 Å². The second kappa shape index (κ2) is 6.72. The summed E-state index contributed by atoms with van der Waals surface area (Å²) in [6, 6.07) is 9.75. The van der Waals surface area contributed by atoms with Gasteiger partial charge in [-0.1, -0.05) is 41.9 Å². The van der Waals surface area contributed by atoms with Gasteiger partial charge in [0.25, 0.3) is 5.56 Å². The zero-order valence-corrected chi connectivity index (χ0v) is 13.8. The number of anilines is 1. The lowest BCUT2D eigenvalue weighted by Gasteiger charge is -2.35. The second-order valence-corrected chi connectivity index (χ2v) is 6.33. The number of aliphatic hydroxyl groups is 1. The fraction of sp³-hybridized carbons (Fsp3) is 0.412. The average molecular weight is 334 g/mol. The van der Waals surface area contributed by atoms with Crippen molar-refractivity contribution in [2.24, 2.45) is 13.0 Å². The molecule has 2 aromatic rings. The first-order valence-electron chi connectivity index (χ1n) is 7.77. The molecule has 5 nitrogen and oxygen atoms in total. The summed E-state index contributed by atoms with van der Waals surface area (Å²) in [5.41, 5.74) is 1.36. The van der Waals surface area contributed by atoms with Crippen LogP contribution in [0.2, 0.25) is 5.02 Å². The quantitative estimate of drug-likeness (QED) is 0.937. The van der Waals surface area contributed by atoms with Crippen molar-refractivity contribution in [2.75, 3.05) is 18.0 Å². The summed E-state index contributed by atoms with van der Waals surface area (Å²) in [5, 5.41) is 14.8. The number of aliphatic hydroxyl groups excluding tert-OH is 1. The van der Waals surface area contributed by atoms with Crippen LogP contribution in [0.25, 0.3) is 0 Å². The van der Waals surface area contributed by atoms with E-state index in [2.05, 4.69) is 10.00 Å². The van der Waals surface area contributed by atoms with Gasteiger partial charge in [0.15, 0.2) is 0 Å². The highest BCUT2D eigenvalue weighted by molar-refractivity contribution is 6.33. The maximum atomic E-state index is 11.9. The third kappa shape index (κ3) is 3.26. The van der Waals surface area contributed by atoms with Crippen LogP contribution in [-0.4, -0.2) is 28.0 Å². The Kier molecular flexibility index (Phi) is 4.68. The minimum atomic E-state index is -0.449. The number of hydrogen-bond donors (Lipinski definition) is 1. The molecule has 1 N–H and O–H groups in total. The molecule has 122 valence electrons. The Morgan fingerprint density at radius 1 is 1.26 bits per heavy atom. The van der Waals surface area contributed by atoms with E-state index in [4.69, 9.17) is 11.6 Å². The first-order valence-corrected chi connectivity index (χ1v) is 8.15. The van der Waals surface area contributed by atoms with E-state index in [0.717, 1.165) is 31.5 Å². The van der Waals surface area contributed by atoms with Crippen LogP contribution in [0, 0.1) is 5.92 Å². The van der Waals surface area contributed by atoms with Gasteiger partial charge in [0.2, 0.25) is 0 Å². The van der Waals surface area contributed by atoms with Crippen molar-refractivity contribution in [3.05, 3.63) is 57.5 Å². The number of aromatic nitrogens is 2. The molecule has 1 saturated heterocycles. The van der Waals surface area contributed by atoms with Gasteiger partial charge in [-0.15, -0.1) is 0 Å². The first-order chi connectivity index (χ1) is 11.1. The Bertz CT molecular complexity index is 724. The molecule has 6 heteroatoms. The monoisotopic (exact) mass is 333 g/mol. The number of piperidine rings is 1. The summed E-state index contributed by atoms with van der Waals surface area (Å²) in [6.07, 6.45) is 2.89. The third-order valence-electron chi connectivity index (χ3n) is 4.53. The minimum Gasteiger partial charge on any atom is -0.388 e. The number of hydrogen-bond acceptors (Lipinski definition) is 4. The van der Waals surface area contributed by atoms with Crippen molar-refractivity contribution in [3.63, 3.8) is 0 Å². The van der Waals surface area contributed by atoms with Crippen LogP contribution in [0.1, 0.15) is 24.5 Å². The Labute approximate surface area is 140 Å². The Balaban J connectivity index is 1.69. The molecule has 0 bridgehead atoms. The van der Waals surface area contributed by atoms with Gasteiger partial charge in [-0.05, 0) is 24.3 Å². The molecule has 1 atom stereocenters. The Hall–Kier alpha value is -1.85. The van der Waals surface area contributed by atoms with Crippen molar-refractivity contribution >= 4 is 17.3 Å². The standard InChI is InChI=1S/C17H20ClN3O2/c1-20-17(23)15(18)14(11-19-20)21-9-7-13(8-10-21)16(22)12-5-3-2-4-6-12/h2-6,11,13,16,22H,7-10H2,1H3/t16-/m0/s1. The zero-order valence-electron chi connectivity index (χ0n) is 13.0. The lowest BCUT2D eigenvalue weighted by Crippen LogP contribution is -2.37. The fourth-order valence-electron chi connectivity index (χ4n) is 3.10.